The predicted octanol–water partition coefficient (Wildman–Crippen LogP) is 7.00. The lowest BCUT2D eigenvalue weighted by atomic mass is 9.75. The van der Waals surface area contributed by atoms with E-state index in [1.54, 1.807) is 0 Å². The van der Waals surface area contributed by atoms with Crippen LogP contribution in [0.3, 0.4) is 0 Å². The van der Waals surface area contributed by atoms with Gasteiger partial charge >= 0.3 is 0 Å². The van der Waals surface area contributed by atoms with Gasteiger partial charge in [-0.3, -0.25) is 4.90 Å². The first-order valence-electron chi connectivity index (χ1n) is 13.0. The number of hydrogen-bond acceptors (Lipinski definition) is 2. The SMILES string of the molecule is CCCCCCCCC1CN(C(c2ccccc2)(c2ccccc2)c2ccccc2)CCN1. The summed E-state index contributed by atoms with van der Waals surface area (Å²) in [6, 6.07) is 33.9. The van der Waals surface area contributed by atoms with Crippen LogP contribution in [0.1, 0.15) is 68.6 Å². The number of piperazine rings is 1. The van der Waals surface area contributed by atoms with Crippen molar-refractivity contribution in [3.63, 3.8) is 0 Å². The van der Waals surface area contributed by atoms with Crippen molar-refractivity contribution in [1.82, 2.24) is 10.2 Å². The average molecular weight is 441 g/mol. The van der Waals surface area contributed by atoms with Crippen LogP contribution in [0.15, 0.2) is 91.0 Å². The maximum Gasteiger partial charge on any atom is 0.0973 e. The van der Waals surface area contributed by atoms with E-state index in [9.17, 15) is 0 Å². The molecule has 0 spiro atoms. The molecule has 4 rings (SSSR count). The lowest BCUT2D eigenvalue weighted by Crippen LogP contribution is -2.59. The zero-order valence-corrected chi connectivity index (χ0v) is 20.3. The molecule has 1 unspecified atom stereocenters. The Morgan fingerprint density at radius 2 is 1.18 bits per heavy atom. The number of rotatable bonds is 11. The normalized spacial score (nSPS) is 17.2. The molecule has 0 saturated carbocycles. The van der Waals surface area contributed by atoms with Gasteiger partial charge in [0.2, 0.25) is 0 Å². The minimum atomic E-state index is -0.286. The Bertz CT molecular complexity index is 826. The van der Waals surface area contributed by atoms with Crippen molar-refractivity contribution in [1.29, 1.82) is 0 Å². The Morgan fingerprint density at radius 3 is 1.70 bits per heavy atom. The molecular weight excluding hydrogens is 400 g/mol. The van der Waals surface area contributed by atoms with Gasteiger partial charge in [-0.2, -0.15) is 0 Å². The van der Waals surface area contributed by atoms with Crippen molar-refractivity contribution in [2.45, 2.75) is 63.5 Å². The molecule has 1 saturated heterocycles. The summed E-state index contributed by atoms with van der Waals surface area (Å²) in [6.45, 7) is 5.42. The molecule has 3 aromatic carbocycles. The Balaban J connectivity index is 1.65. The molecule has 0 amide bonds. The quantitative estimate of drug-likeness (QED) is 0.255. The van der Waals surface area contributed by atoms with E-state index in [0.717, 1.165) is 19.6 Å². The highest BCUT2D eigenvalue weighted by Gasteiger charge is 2.43. The Kier molecular flexibility index (Phi) is 8.74. The van der Waals surface area contributed by atoms with Crippen molar-refractivity contribution in [3.8, 4) is 0 Å². The molecule has 2 nitrogen and oxygen atoms in total. The van der Waals surface area contributed by atoms with Crippen LogP contribution in [0.5, 0.6) is 0 Å². The molecule has 1 aliphatic rings. The predicted molar refractivity (Wildman–Crippen MR) is 141 cm³/mol. The van der Waals surface area contributed by atoms with E-state index >= 15 is 0 Å². The summed E-state index contributed by atoms with van der Waals surface area (Å²) in [5.41, 5.74) is 3.76. The van der Waals surface area contributed by atoms with Crippen LogP contribution in [0, 0.1) is 0 Å². The topological polar surface area (TPSA) is 15.3 Å². The monoisotopic (exact) mass is 440 g/mol. The molecule has 0 bridgehead atoms. The first-order chi connectivity index (χ1) is 16.4. The van der Waals surface area contributed by atoms with Crippen molar-refractivity contribution in [3.05, 3.63) is 108 Å². The minimum Gasteiger partial charge on any atom is -0.311 e. The maximum atomic E-state index is 3.84. The van der Waals surface area contributed by atoms with E-state index < -0.39 is 0 Å². The smallest absolute Gasteiger partial charge is 0.0973 e. The average Bonchev–Trinajstić information content (AvgIpc) is 2.89. The second-order valence-corrected chi connectivity index (χ2v) is 9.46. The summed E-state index contributed by atoms with van der Waals surface area (Å²) in [6.07, 6.45) is 9.41. The van der Waals surface area contributed by atoms with E-state index in [2.05, 4.69) is 108 Å². The summed E-state index contributed by atoms with van der Waals surface area (Å²) in [5.74, 6) is 0. The van der Waals surface area contributed by atoms with Crippen molar-refractivity contribution >= 4 is 0 Å². The number of hydrogen-bond donors (Lipinski definition) is 1. The van der Waals surface area contributed by atoms with Crippen LogP contribution in [-0.2, 0) is 5.54 Å². The Hall–Kier alpha value is -2.42. The third-order valence-electron chi connectivity index (χ3n) is 7.21. The van der Waals surface area contributed by atoms with Crippen LogP contribution in [-0.4, -0.2) is 30.6 Å². The molecule has 1 atom stereocenters. The lowest BCUT2D eigenvalue weighted by Gasteiger charge is -2.49. The van der Waals surface area contributed by atoms with Gasteiger partial charge < -0.3 is 5.32 Å². The van der Waals surface area contributed by atoms with Gasteiger partial charge in [-0.1, -0.05) is 136 Å². The number of nitrogens with one attached hydrogen (secondary N) is 1. The zero-order valence-electron chi connectivity index (χ0n) is 20.3. The van der Waals surface area contributed by atoms with Crippen LogP contribution in [0.4, 0.5) is 0 Å². The van der Waals surface area contributed by atoms with Crippen LogP contribution in [0.2, 0.25) is 0 Å². The molecule has 0 aromatic heterocycles. The maximum absolute atomic E-state index is 3.84. The van der Waals surface area contributed by atoms with Gasteiger partial charge in [0, 0.05) is 25.7 Å². The molecule has 1 N–H and O–H groups in total. The molecule has 3 aromatic rings. The Morgan fingerprint density at radius 1 is 0.697 bits per heavy atom. The first kappa shape index (κ1) is 23.7. The van der Waals surface area contributed by atoms with Gasteiger partial charge in [-0.05, 0) is 23.1 Å². The summed E-state index contributed by atoms with van der Waals surface area (Å²) < 4.78 is 0. The molecule has 1 heterocycles. The van der Waals surface area contributed by atoms with Gasteiger partial charge in [0.1, 0.15) is 0 Å². The van der Waals surface area contributed by atoms with Crippen molar-refractivity contribution in [2.24, 2.45) is 0 Å². The third kappa shape index (κ3) is 5.57. The van der Waals surface area contributed by atoms with E-state index in [0.29, 0.717) is 6.04 Å². The van der Waals surface area contributed by atoms with E-state index in [1.807, 2.05) is 0 Å². The standard InChI is InChI=1S/C31H40N2/c1-2-3-4-5-6-16-23-30-26-33(25-24-32-30)31(27-17-10-7-11-18-27,28-19-12-8-13-20-28)29-21-14-9-15-22-29/h7-15,17-22,30,32H,2-6,16,23-26H2,1H3. The molecule has 0 aliphatic carbocycles. The highest BCUT2D eigenvalue weighted by Crippen LogP contribution is 2.42. The Labute approximate surface area is 201 Å². The fourth-order valence-electron chi connectivity index (χ4n) is 5.58. The highest BCUT2D eigenvalue weighted by molar-refractivity contribution is 5.49. The second-order valence-electron chi connectivity index (χ2n) is 9.46. The molecule has 1 aliphatic heterocycles. The zero-order chi connectivity index (χ0) is 22.8. The van der Waals surface area contributed by atoms with Gasteiger partial charge in [-0.15, -0.1) is 0 Å². The summed E-state index contributed by atoms with van der Waals surface area (Å²) in [5, 5.41) is 3.84. The largest absolute Gasteiger partial charge is 0.311 e. The van der Waals surface area contributed by atoms with E-state index in [4.69, 9.17) is 0 Å². The van der Waals surface area contributed by atoms with Gasteiger partial charge in [0.05, 0.1) is 5.54 Å². The van der Waals surface area contributed by atoms with Gasteiger partial charge in [-0.25, -0.2) is 0 Å². The third-order valence-corrected chi connectivity index (χ3v) is 7.21. The molecule has 174 valence electrons. The number of benzene rings is 3. The first-order valence-corrected chi connectivity index (χ1v) is 13.0. The van der Waals surface area contributed by atoms with Crippen LogP contribution >= 0.6 is 0 Å². The molecular formula is C31H40N2. The van der Waals surface area contributed by atoms with Gasteiger partial charge in [0.25, 0.3) is 0 Å². The lowest BCUT2D eigenvalue weighted by molar-refractivity contribution is 0.107. The van der Waals surface area contributed by atoms with Gasteiger partial charge in [0.15, 0.2) is 0 Å². The number of nitrogens with zero attached hydrogens (tertiary/aromatic N) is 1. The van der Waals surface area contributed by atoms with E-state index in [-0.39, 0.29) is 5.54 Å². The minimum absolute atomic E-state index is 0.286. The van der Waals surface area contributed by atoms with Crippen molar-refractivity contribution < 1.29 is 0 Å². The highest BCUT2D eigenvalue weighted by atomic mass is 15.3. The summed E-state index contributed by atoms with van der Waals surface area (Å²) in [4.78, 5) is 2.74. The summed E-state index contributed by atoms with van der Waals surface area (Å²) >= 11 is 0. The van der Waals surface area contributed by atoms with Crippen LogP contribution < -0.4 is 5.32 Å². The molecule has 0 radical (unpaired) electrons. The van der Waals surface area contributed by atoms with Crippen LogP contribution in [0.25, 0.3) is 0 Å². The fraction of sp³-hybridized carbons (Fsp3) is 0.419. The van der Waals surface area contributed by atoms with E-state index in [1.165, 1.54) is 61.6 Å². The molecule has 1 fully saturated rings. The second kappa shape index (κ2) is 12.2. The fourth-order valence-corrected chi connectivity index (χ4v) is 5.58. The summed E-state index contributed by atoms with van der Waals surface area (Å²) in [7, 11) is 0. The number of unbranched alkanes of at least 4 members (excludes halogenated alkanes) is 5. The molecule has 33 heavy (non-hydrogen) atoms. The molecule has 2 heteroatoms. The van der Waals surface area contributed by atoms with Crippen molar-refractivity contribution in [2.75, 3.05) is 19.6 Å².